The molecule has 11 aromatic rings. The van der Waals surface area contributed by atoms with Crippen LogP contribution < -0.4 is 14.4 Å². The molecule has 4 nitrogen and oxygen atoms in total. The molecule has 2 heterocycles. The molecular weight excluding hydrogens is 793 g/mol. The van der Waals surface area contributed by atoms with Gasteiger partial charge in [-0.05, 0) is 117 Å². The molecule has 0 saturated carbocycles. The maximum Gasteiger partial charge on any atom is 0.194 e. The molecule has 3 aliphatic rings. The number of anilines is 3. The normalized spacial score (nSPS) is 13.3. The van der Waals surface area contributed by atoms with Gasteiger partial charge >= 0.3 is 0 Å². The van der Waals surface area contributed by atoms with Gasteiger partial charge in [0.25, 0.3) is 0 Å². The molecule has 0 unspecified atom stereocenters. The van der Waals surface area contributed by atoms with Crippen LogP contribution in [0.1, 0.15) is 22.3 Å². The van der Waals surface area contributed by atoms with Gasteiger partial charge in [-0.25, -0.2) is 0 Å². The minimum Gasteiger partial charge on any atom is -0.449 e. The van der Waals surface area contributed by atoms with Gasteiger partial charge in [-0.1, -0.05) is 164 Å². The summed E-state index contributed by atoms with van der Waals surface area (Å²) in [7, 11) is 0. The summed E-state index contributed by atoms with van der Waals surface area (Å²) in [5, 5.41) is 2.51. The van der Waals surface area contributed by atoms with E-state index in [1.54, 1.807) is 0 Å². The molecule has 14 rings (SSSR count). The largest absolute Gasteiger partial charge is 0.449 e. The maximum atomic E-state index is 7.15. The highest BCUT2D eigenvalue weighted by Gasteiger charge is 2.53. The van der Waals surface area contributed by atoms with Crippen LogP contribution in [-0.2, 0) is 5.41 Å². The highest BCUT2D eigenvalue weighted by atomic mass is 16.6. The number of hydrogen-bond acceptors (Lipinski definition) is 3. The molecule has 4 heteroatoms. The fourth-order valence-corrected chi connectivity index (χ4v) is 11.2. The van der Waals surface area contributed by atoms with E-state index in [4.69, 9.17) is 9.47 Å². The molecule has 1 spiro atoms. The second kappa shape index (κ2) is 13.7. The Labute approximate surface area is 376 Å². The van der Waals surface area contributed by atoms with Crippen molar-refractivity contribution in [1.82, 2.24) is 4.57 Å². The standard InChI is InChI=1S/C61H38N2O2/c1-2-17-41(18-3-1)62(43-19-14-16-40(38-43)39-32-34-42(35-33-39)63-53-28-12-7-22-46(53)47-23-8-13-29-54(47)63)55-30-15-31-56-59(55)64-57-37-36-52-58(60(57)65-56)48-24-6-11-27-51(48)61(52)49-25-9-4-20-44(49)45-21-5-10-26-50(45)61/h1-38H. The number of aromatic nitrogens is 1. The van der Waals surface area contributed by atoms with Gasteiger partial charge in [0.2, 0.25) is 0 Å². The first-order valence-electron chi connectivity index (χ1n) is 22.3. The summed E-state index contributed by atoms with van der Waals surface area (Å²) in [4.78, 5) is 2.27. The molecule has 1 aromatic heterocycles. The predicted octanol–water partition coefficient (Wildman–Crippen LogP) is 16.2. The number of rotatable bonds is 5. The summed E-state index contributed by atoms with van der Waals surface area (Å²) in [6.45, 7) is 0. The first-order chi connectivity index (χ1) is 32.3. The Balaban J connectivity index is 0.871. The van der Waals surface area contributed by atoms with Gasteiger partial charge in [-0.15, -0.1) is 0 Å². The van der Waals surface area contributed by atoms with Gasteiger partial charge in [0.05, 0.1) is 22.1 Å². The minimum absolute atomic E-state index is 0.472. The Morgan fingerprint density at radius 3 is 1.63 bits per heavy atom. The average Bonchev–Trinajstić information content (AvgIpc) is 3.99. The maximum absolute atomic E-state index is 7.15. The van der Waals surface area contributed by atoms with Crippen molar-refractivity contribution in [2.45, 2.75) is 5.41 Å². The highest BCUT2D eigenvalue weighted by molar-refractivity contribution is 6.09. The Kier molecular flexibility index (Phi) is 7.57. The van der Waals surface area contributed by atoms with E-state index in [0.717, 1.165) is 45.2 Å². The second-order valence-corrected chi connectivity index (χ2v) is 17.1. The number of fused-ring (bicyclic) bond motifs is 16. The molecule has 0 N–H and O–H groups in total. The SMILES string of the molecule is c1ccc(N(c2cccc(-c3ccc(-n4c5ccccc5c5ccccc54)cc3)c2)c2cccc3c2Oc2ccc4c(c2O3)-c2ccccc2C42c3ccccc3-c3ccccc32)cc1. The highest BCUT2D eigenvalue weighted by Crippen LogP contribution is 2.66. The summed E-state index contributed by atoms with van der Waals surface area (Å²) in [5.41, 5.74) is 18.1. The fourth-order valence-electron chi connectivity index (χ4n) is 11.2. The Morgan fingerprint density at radius 1 is 0.369 bits per heavy atom. The van der Waals surface area contributed by atoms with Crippen LogP contribution in [0.3, 0.4) is 0 Å². The van der Waals surface area contributed by atoms with Crippen molar-refractivity contribution < 1.29 is 9.47 Å². The molecule has 0 atom stereocenters. The molecular formula is C61H38N2O2. The third-order valence-electron chi connectivity index (χ3n) is 13.9. The molecule has 0 fully saturated rings. The van der Waals surface area contributed by atoms with Crippen molar-refractivity contribution in [2.75, 3.05) is 4.90 Å². The lowest BCUT2D eigenvalue weighted by atomic mass is 9.70. The average molecular weight is 831 g/mol. The van der Waals surface area contributed by atoms with Crippen LogP contribution in [0.5, 0.6) is 23.0 Å². The molecule has 10 aromatic carbocycles. The van der Waals surface area contributed by atoms with E-state index in [1.807, 2.05) is 6.07 Å². The molecule has 0 amide bonds. The van der Waals surface area contributed by atoms with Crippen molar-refractivity contribution in [3.63, 3.8) is 0 Å². The van der Waals surface area contributed by atoms with Gasteiger partial charge in [0.1, 0.15) is 0 Å². The van der Waals surface area contributed by atoms with Gasteiger partial charge in [0, 0.05) is 33.4 Å². The Bertz CT molecular complexity index is 3640. The topological polar surface area (TPSA) is 26.6 Å². The van der Waals surface area contributed by atoms with Crippen molar-refractivity contribution >= 4 is 38.9 Å². The van der Waals surface area contributed by atoms with E-state index in [0.29, 0.717) is 17.2 Å². The fraction of sp³-hybridized carbons (Fsp3) is 0.0164. The molecule has 0 saturated heterocycles. The third-order valence-corrected chi connectivity index (χ3v) is 13.9. The number of para-hydroxylation sites is 4. The van der Waals surface area contributed by atoms with Crippen LogP contribution in [-0.4, -0.2) is 4.57 Å². The van der Waals surface area contributed by atoms with Crippen molar-refractivity contribution in [2.24, 2.45) is 0 Å². The lowest BCUT2D eigenvalue weighted by Crippen LogP contribution is -2.25. The van der Waals surface area contributed by atoms with E-state index in [-0.39, 0.29) is 0 Å². The van der Waals surface area contributed by atoms with Crippen molar-refractivity contribution in [3.05, 3.63) is 253 Å². The Morgan fingerprint density at radius 2 is 0.923 bits per heavy atom. The first kappa shape index (κ1) is 35.9. The monoisotopic (exact) mass is 830 g/mol. The van der Waals surface area contributed by atoms with Crippen molar-refractivity contribution in [1.29, 1.82) is 0 Å². The summed E-state index contributed by atoms with van der Waals surface area (Å²) >= 11 is 0. The second-order valence-electron chi connectivity index (χ2n) is 17.1. The molecule has 0 radical (unpaired) electrons. The molecule has 65 heavy (non-hydrogen) atoms. The number of nitrogens with zero attached hydrogens (tertiary/aromatic N) is 2. The number of ether oxygens (including phenoxy) is 2. The smallest absolute Gasteiger partial charge is 0.194 e. The van der Waals surface area contributed by atoms with Crippen LogP contribution in [0, 0.1) is 0 Å². The van der Waals surface area contributed by atoms with Gasteiger partial charge in [-0.2, -0.15) is 0 Å². The quantitative estimate of drug-likeness (QED) is 0.173. The summed E-state index contributed by atoms with van der Waals surface area (Å²) < 4.78 is 16.6. The zero-order chi connectivity index (χ0) is 42.6. The van der Waals surface area contributed by atoms with Gasteiger partial charge in [0.15, 0.2) is 23.0 Å². The van der Waals surface area contributed by atoms with Gasteiger partial charge < -0.3 is 18.9 Å². The van der Waals surface area contributed by atoms with Crippen molar-refractivity contribution in [3.8, 4) is 62.1 Å². The zero-order valence-corrected chi connectivity index (χ0v) is 35.2. The number of benzene rings is 10. The molecule has 2 aliphatic carbocycles. The Hall–Kier alpha value is -8.60. The van der Waals surface area contributed by atoms with Crippen LogP contribution in [0.25, 0.3) is 60.9 Å². The predicted molar refractivity (Wildman–Crippen MR) is 264 cm³/mol. The van der Waals surface area contributed by atoms with Gasteiger partial charge in [-0.3, -0.25) is 0 Å². The van der Waals surface area contributed by atoms with Crippen LogP contribution >= 0.6 is 0 Å². The van der Waals surface area contributed by atoms with E-state index >= 15 is 0 Å². The number of hydrogen-bond donors (Lipinski definition) is 0. The van der Waals surface area contributed by atoms with E-state index < -0.39 is 5.41 Å². The summed E-state index contributed by atoms with van der Waals surface area (Å²) in [6, 6.07) is 82.6. The molecule has 0 bridgehead atoms. The van der Waals surface area contributed by atoms with E-state index in [9.17, 15) is 0 Å². The summed E-state index contributed by atoms with van der Waals surface area (Å²) in [6.07, 6.45) is 0. The van der Waals surface area contributed by atoms with Crippen LogP contribution in [0.2, 0.25) is 0 Å². The first-order valence-corrected chi connectivity index (χ1v) is 22.3. The zero-order valence-electron chi connectivity index (χ0n) is 35.2. The minimum atomic E-state index is -0.472. The van der Waals surface area contributed by atoms with Crippen LogP contribution in [0.15, 0.2) is 231 Å². The lowest BCUT2D eigenvalue weighted by molar-refractivity contribution is 0.361. The third kappa shape index (κ3) is 5.02. The molecule has 304 valence electrons. The van der Waals surface area contributed by atoms with E-state index in [1.165, 1.54) is 60.8 Å². The van der Waals surface area contributed by atoms with Crippen LogP contribution in [0.4, 0.5) is 17.1 Å². The van der Waals surface area contributed by atoms with E-state index in [2.05, 4.69) is 234 Å². The molecule has 1 aliphatic heterocycles. The lowest BCUT2D eigenvalue weighted by Gasteiger charge is -2.32. The summed E-state index contributed by atoms with van der Waals surface area (Å²) in [5.74, 6) is 2.78.